The molecular weight excluding hydrogens is 188 g/mol. The smallest absolute Gasteiger partial charge is 0.124 e. The molecule has 1 fully saturated rings. The average Bonchev–Trinajstić information content (AvgIpc) is 2.31. The fourth-order valence-electron chi connectivity index (χ4n) is 1.85. The Morgan fingerprint density at radius 3 is 3.07 bits per heavy atom. The summed E-state index contributed by atoms with van der Waals surface area (Å²) in [6.07, 6.45) is 0. The second-order valence-electron chi connectivity index (χ2n) is 3.60. The van der Waals surface area contributed by atoms with E-state index in [1.165, 1.54) is 5.56 Å². The highest BCUT2D eigenvalue weighted by Crippen LogP contribution is 2.26. The van der Waals surface area contributed by atoms with E-state index in [1.54, 1.807) is 0 Å². The normalized spacial score (nSPS) is 21.3. The van der Waals surface area contributed by atoms with Crippen LogP contribution in [-0.2, 0) is 0 Å². The molecule has 0 aromatic heterocycles. The Balaban J connectivity index is 2.17. The van der Waals surface area contributed by atoms with Crippen molar-refractivity contribution in [2.24, 2.45) is 0 Å². The van der Waals surface area contributed by atoms with E-state index in [-0.39, 0.29) is 6.04 Å². The molecule has 1 radical (unpaired) electrons. The Morgan fingerprint density at radius 1 is 1.47 bits per heavy atom. The van der Waals surface area contributed by atoms with E-state index in [9.17, 15) is 0 Å². The number of rotatable bonds is 3. The van der Waals surface area contributed by atoms with Crippen LogP contribution in [0.15, 0.2) is 24.3 Å². The maximum Gasteiger partial charge on any atom is 0.124 e. The van der Waals surface area contributed by atoms with Gasteiger partial charge < -0.3 is 10.1 Å². The summed E-state index contributed by atoms with van der Waals surface area (Å²) in [4.78, 5) is 0. The zero-order valence-electron chi connectivity index (χ0n) is 9.07. The van der Waals surface area contributed by atoms with Crippen molar-refractivity contribution in [1.82, 2.24) is 10.6 Å². The molecule has 0 bridgehead atoms. The third kappa shape index (κ3) is 2.49. The van der Waals surface area contributed by atoms with Gasteiger partial charge in [0.1, 0.15) is 5.75 Å². The van der Waals surface area contributed by atoms with Gasteiger partial charge >= 0.3 is 0 Å². The highest BCUT2D eigenvalue weighted by molar-refractivity contribution is 5.36. The van der Waals surface area contributed by atoms with Gasteiger partial charge in [0.15, 0.2) is 0 Å². The van der Waals surface area contributed by atoms with Crippen LogP contribution in [0.25, 0.3) is 0 Å². The van der Waals surface area contributed by atoms with Crippen LogP contribution in [0.5, 0.6) is 5.75 Å². The number of hydrogen-bond donors (Lipinski definition) is 1. The maximum absolute atomic E-state index is 5.60. The van der Waals surface area contributed by atoms with E-state index < -0.39 is 0 Å². The summed E-state index contributed by atoms with van der Waals surface area (Å²) in [7, 11) is 0. The molecule has 1 unspecified atom stereocenters. The van der Waals surface area contributed by atoms with E-state index in [2.05, 4.69) is 16.7 Å². The van der Waals surface area contributed by atoms with Crippen molar-refractivity contribution in [3.63, 3.8) is 0 Å². The van der Waals surface area contributed by atoms with Gasteiger partial charge in [0.2, 0.25) is 0 Å². The minimum atomic E-state index is 0.251. The fourth-order valence-corrected chi connectivity index (χ4v) is 1.85. The third-order valence-electron chi connectivity index (χ3n) is 2.55. The molecule has 1 aromatic carbocycles. The molecule has 1 aromatic rings. The molecule has 81 valence electrons. The van der Waals surface area contributed by atoms with Gasteiger partial charge in [0.05, 0.1) is 12.6 Å². The first-order chi connectivity index (χ1) is 7.42. The van der Waals surface area contributed by atoms with E-state index in [4.69, 9.17) is 4.74 Å². The summed E-state index contributed by atoms with van der Waals surface area (Å²) < 4.78 is 5.60. The molecule has 3 heteroatoms. The first-order valence-corrected chi connectivity index (χ1v) is 5.51. The third-order valence-corrected chi connectivity index (χ3v) is 2.55. The second kappa shape index (κ2) is 5.14. The molecule has 1 heterocycles. The molecule has 2 rings (SSSR count). The number of benzene rings is 1. The largest absolute Gasteiger partial charge is 0.494 e. The number of ether oxygens (including phenoxy) is 1. The van der Waals surface area contributed by atoms with Gasteiger partial charge in [0, 0.05) is 25.2 Å². The van der Waals surface area contributed by atoms with E-state index in [0.717, 1.165) is 25.4 Å². The zero-order valence-corrected chi connectivity index (χ0v) is 9.07. The quantitative estimate of drug-likeness (QED) is 0.808. The van der Waals surface area contributed by atoms with Gasteiger partial charge in [-0.05, 0) is 13.0 Å². The van der Waals surface area contributed by atoms with Crippen LogP contribution < -0.4 is 15.4 Å². The Bertz CT molecular complexity index is 308. The predicted molar refractivity (Wildman–Crippen MR) is 60.2 cm³/mol. The predicted octanol–water partition coefficient (Wildman–Crippen LogP) is 1.33. The molecule has 1 N–H and O–H groups in total. The van der Waals surface area contributed by atoms with Crippen LogP contribution in [0, 0.1) is 0 Å². The van der Waals surface area contributed by atoms with Gasteiger partial charge in [-0.15, -0.1) is 0 Å². The number of nitrogens with one attached hydrogen (secondary N) is 1. The summed E-state index contributed by atoms with van der Waals surface area (Å²) >= 11 is 0. The lowest BCUT2D eigenvalue weighted by atomic mass is 10.0. The topological polar surface area (TPSA) is 35.4 Å². The van der Waals surface area contributed by atoms with Gasteiger partial charge in [-0.25, -0.2) is 5.32 Å². The van der Waals surface area contributed by atoms with Crippen LogP contribution in [0.3, 0.4) is 0 Å². The summed E-state index contributed by atoms with van der Waals surface area (Å²) in [5.41, 5.74) is 1.20. The van der Waals surface area contributed by atoms with Gasteiger partial charge in [-0.2, -0.15) is 0 Å². The number of hydrogen-bond acceptors (Lipinski definition) is 2. The highest BCUT2D eigenvalue weighted by Gasteiger charge is 2.18. The van der Waals surface area contributed by atoms with Crippen molar-refractivity contribution in [3.8, 4) is 5.75 Å². The summed E-state index contributed by atoms with van der Waals surface area (Å²) in [6, 6.07) is 8.42. The summed E-state index contributed by atoms with van der Waals surface area (Å²) in [5.74, 6) is 0.970. The van der Waals surface area contributed by atoms with Crippen molar-refractivity contribution >= 4 is 0 Å². The van der Waals surface area contributed by atoms with Crippen LogP contribution in [-0.4, -0.2) is 26.2 Å². The standard InChI is InChI=1S/C12H17N2O/c1-2-15-12-6-4-3-5-10(12)11-9-13-7-8-14-11/h3-6,11,13H,2,7-9H2,1H3. The second-order valence-corrected chi connectivity index (χ2v) is 3.60. The minimum absolute atomic E-state index is 0.251. The molecule has 1 aliphatic rings. The van der Waals surface area contributed by atoms with Gasteiger partial charge in [-0.1, -0.05) is 18.2 Å². The molecule has 0 amide bonds. The molecule has 1 atom stereocenters. The molecule has 1 saturated heterocycles. The summed E-state index contributed by atoms with van der Waals surface area (Å²) in [6.45, 7) is 5.52. The Labute approximate surface area is 90.8 Å². The molecule has 1 aliphatic heterocycles. The molecule has 15 heavy (non-hydrogen) atoms. The first kappa shape index (κ1) is 10.5. The van der Waals surface area contributed by atoms with E-state index in [0.29, 0.717) is 6.61 Å². The lowest BCUT2D eigenvalue weighted by Gasteiger charge is -2.24. The van der Waals surface area contributed by atoms with Crippen molar-refractivity contribution in [3.05, 3.63) is 29.8 Å². The van der Waals surface area contributed by atoms with Crippen molar-refractivity contribution in [2.45, 2.75) is 13.0 Å². The summed E-state index contributed by atoms with van der Waals surface area (Å²) in [5, 5.41) is 7.95. The van der Waals surface area contributed by atoms with Crippen molar-refractivity contribution < 1.29 is 4.74 Å². The fraction of sp³-hybridized carbons (Fsp3) is 0.500. The Morgan fingerprint density at radius 2 is 2.33 bits per heavy atom. The molecule has 0 aliphatic carbocycles. The van der Waals surface area contributed by atoms with E-state index >= 15 is 0 Å². The number of nitrogens with zero attached hydrogens (tertiary/aromatic N) is 1. The van der Waals surface area contributed by atoms with Gasteiger partial charge in [0.25, 0.3) is 0 Å². The van der Waals surface area contributed by atoms with Crippen LogP contribution in [0.2, 0.25) is 0 Å². The van der Waals surface area contributed by atoms with Crippen molar-refractivity contribution in [2.75, 3.05) is 26.2 Å². The van der Waals surface area contributed by atoms with E-state index in [1.807, 2.05) is 25.1 Å². The molecular formula is C12H17N2O. The Hall–Kier alpha value is -1.06. The highest BCUT2D eigenvalue weighted by atomic mass is 16.5. The van der Waals surface area contributed by atoms with Crippen LogP contribution in [0.4, 0.5) is 0 Å². The average molecular weight is 205 g/mol. The minimum Gasteiger partial charge on any atom is -0.494 e. The van der Waals surface area contributed by atoms with Crippen LogP contribution >= 0.6 is 0 Å². The Kier molecular flexibility index (Phi) is 3.59. The SMILES string of the molecule is CCOc1ccccc1C1CNCC[N]1. The molecule has 0 spiro atoms. The zero-order chi connectivity index (χ0) is 10.5. The first-order valence-electron chi connectivity index (χ1n) is 5.51. The monoisotopic (exact) mass is 205 g/mol. The number of para-hydroxylation sites is 1. The maximum atomic E-state index is 5.60. The lowest BCUT2D eigenvalue weighted by molar-refractivity contribution is 0.325. The molecule has 0 saturated carbocycles. The molecule has 3 nitrogen and oxygen atoms in total. The van der Waals surface area contributed by atoms with Crippen LogP contribution in [0.1, 0.15) is 18.5 Å². The van der Waals surface area contributed by atoms with Crippen molar-refractivity contribution in [1.29, 1.82) is 0 Å². The lowest BCUT2D eigenvalue weighted by Crippen LogP contribution is -2.38. The van der Waals surface area contributed by atoms with Gasteiger partial charge in [-0.3, -0.25) is 0 Å². The number of piperazine rings is 1.